The van der Waals surface area contributed by atoms with E-state index >= 15 is 0 Å². The number of nitrogens with zero attached hydrogens (tertiary/aromatic N) is 4. The van der Waals surface area contributed by atoms with Crippen LogP contribution in [0.3, 0.4) is 0 Å². The lowest BCUT2D eigenvalue weighted by Crippen LogP contribution is -2.40. The van der Waals surface area contributed by atoms with Gasteiger partial charge in [-0.15, -0.1) is 0 Å². The standard InChI is InChI=1S/C14H23N5O3/c1-4-18-13(20)11-12(16-10(6-7-15)17(11)2)19(14(18)21)8-5-9-22-3/h4-9,15H2,1-3H3. The van der Waals surface area contributed by atoms with Crippen molar-refractivity contribution in [3.63, 3.8) is 0 Å². The van der Waals surface area contributed by atoms with Crippen LogP contribution in [0.2, 0.25) is 0 Å². The molecule has 0 spiro atoms. The van der Waals surface area contributed by atoms with Crippen LogP contribution in [0.4, 0.5) is 0 Å². The van der Waals surface area contributed by atoms with E-state index in [9.17, 15) is 9.59 Å². The predicted molar refractivity (Wildman–Crippen MR) is 84.2 cm³/mol. The lowest BCUT2D eigenvalue weighted by Gasteiger charge is -2.10. The number of hydrogen-bond acceptors (Lipinski definition) is 5. The third-order valence-electron chi connectivity index (χ3n) is 3.75. The monoisotopic (exact) mass is 309 g/mol. The molecule has 8 nitrogen and oxygen atoms in total. The van der Waals surface area contributed by atoms with Gasteiger partial charge in [0.2, 0.25) is 0 Å². The van der Waals surface area contributed by atoms with E-state index < -0.39 is 0 Å². The SMILES string of the molecule is CCn1c(=O)c2c(nc(CCN)n2C)n(CCCOC)c1=O. The molecule has 0 aliphatic rings. The zero-order chi connectivity index (χ0) is 16.3. The summed E-state index contributed by atoms with van der Waals surface area (Å²) in [7, 11) is 3.40. The summed E-state index contributed by atoms with van der Waals surface area (Å²) in [5.41, 5.74) is 5.84. The van der Waals surface area contributed by atoms with E-state index in [1.807, 2.05) is 0 Å². The number of fused-ring (bicyclic) bond motifs is 1. The average Bonchev–Trinajstić information content (AvgIpc) is 2.81. The Labute approximate surface area is 128 Å². The zero-order valence-corrected chi connectivity index (χ0v) is 13.3. The van der Waals surface area contributed by atoms with Crippen LogP contribution in [0.25, 0.3) is 11.2 Å². The first-order valence-corrected chi connectivity index (χ1v) is 7.44. The van der Waals surface area contributed by atoms with Gasteiger partial charge in [0, 0.05) is 40.3 Å². The molecular formula is C14H23N5O3. The van der Waals surface area contributed by atoms with Crippen molar-refractivity contribution >= 4 is 11.2 Å². The van der Waals surface area contributed by atoms with Gasteiger partial charge < -0.3 is 15.0 Å². The minimum atomic E-state index is -0.325. The van der Waals surface area contributed by atoms with Gasteiger partial charge in [0.05, 0.1) is 0 Å². The van der Waals surface area contributed by atoms with Crippen molar-refractivity contribution in [1.29, 1.82) is 0 Å². The van der Waals surface area contributed by atoms with E-state index in [2.05, 4.69) is 4.98 Å². The van der Waals surface area contributed by atoms with Crippen LogP contribution in [0.1, 0.15) is 19.2 Å². The Morgan fingerprint density at radius 2 is 2.00 bits per heavy atom. The number of aryl methyl sites for hydroxylation is 2. The summed E-state index contributed by atoms with van der Waals surface area (Å²) in [6.45, 7) is 3.55. The maximum Gasteiger partial charge on any atom is 0.332 e. The van der Waals surface area contributed by atoms with Gasteiger partial charge in [-0.25, -0.2) is 9.78 Å². The van der Waals surface area contributed by atoms with Crippen LogP contribution in [-0.2, 0) is 31.3 Å². The number of ether oxygens (including phenoxy) is 1. The van der Waals surface area contributed by atoms with Crippen molar-refractivity contribution in [3.05, 3.63) is 26.7 Å². The molecule has 0 aliphatic carbocycles. The molecule has 0 fully saturated rings. The van der Waals surface area contributed by atoms with Crippen LogP contribution in [0.5, 0.6) is 0 Å². The van der Waals surface area contributed by atoms with Gasteiger partial charge >= 0.3 is 5.69 Å². The minimum Gasteiger partial charge on any atom is -0.385 e. The molecule has 2 heterocycles. The van der Waals surface area contributed by atoms with Crippen LogP contribution in [-0.4, -0.2) is 38.9 Å². The highest BCUT2D eigenvalue weighted by Gasteiger charge is 2.18. The second-order valence-corrected chi connectivity index (χ2v) is 5.13. The van der Waals surface area contributed by atoms with E-state index in [0.717, 1.165) is 0 Å². The predicted octanol–water partition coefficient (Wildman–Crippen LogP) is -0.546. The van der Waals surface area contributed by atoms with Crippen molar-refractivity contribution in [3.8, 4) is 0 Å². The smallest absolute Gasteiger partial charge is 0.332 e. The van der Waals surface area contributed by atoms with Crippen LogP contribution in [0, 0.1) is 0 Å². The molecule has 0 bridgehead atoms. The van der Waals surface area contributed by atoms with Crippen molar-refractivity contribution < 1.29 is 4.74 Å². The molecule has 2 aromatic rings. The molecule has 2 N–H and O–H groups in total. The van der Waals surface area contributed by atoms with Crippen molar-refractivity contribution in [1.82, 2.24) is 18.7 Å². The fourth-order valence-electron chi connectivity index (χ4n) is 2.61. The molecule has 8 heteroatoms. The van der Waals surface area contributed by atoms with E-state index in [0.29, 0.717) is 56.1 Å². The largest absolute Gasteiger partial charge is 0.385 e. The molecule has 0 aromatic carbocycles. The van der Waals surface area contributed by atoms with E-state index in [1.54, 1.807) is 30.2 Å². The molecule has 22 heavy (non-hydrogen) atoms. The number of imidazole rings is 1. The van der Waals surface area contributed by atoms with E-state index in [1.165, 1.54) is 4.57 Å². The second-order valence-electron chi connectivity index (χ2n) is 5.13. The van der Waals surface area contributed by atoms with Crippen molar-refractivity contribution in [2.75, 3.05) is 20.3 Å². The Bertz CT molecular complexity index is 771. The van der Waals surface area contributed by atoms with Gasteiger partial charge in [-0.1, -0.05) is 0 Å². The van der Waals surface area contributed by atoms with Crippen LogP contribution in [0.15, 0.2) is 9.59 Å². The Morgan fingerprint density at radius 1 is 1.27 bits per heavy atom. The first-order chi connectivity index (χ1) is 10.6. The summed E-state index contributed by atoms with van der Waals surface area (Å²) in [6, 6.07) is 0. The number of hydrogen-bond donors (Lipinski definition) is 1. The number of nitrogens with two attached hydrogens (primary N) is 1. The van der Waals surface area contributed by atoms with Gasteiger partial charge in [-0.2, -0.15) is 0 Å². The van der Waals surface area contributed by atoms with Gasteiger partial charge in [0.15, 0.2) is 11.2 Å². The number of methoxy groups -OCH3 is 1. The Hall–Kier alpha value is -1.93. The van der Waals surface area contributed by atoms with E-state index in [-0.39, 0.29) is 11.2 Å². The first-order valence-electron chi connectivity index (χ1n) is 7.44. The highest BCUT2D eigenvalue weighted by Crippen LogP contribution is 2.10. The molecular weight excluding hydrogens is 286 g/mol. The maximum atomic E-state index is 12.5. The Balaban J connectivity index is 2.72. The molecule has 2 aromatic heterocycles. The summed E-state index contributed by atoms with van der Waals surface area (Å²) in [6.07, 6.45) is 1.24. The first kappa shape index (κ1) is 16.4. The average molecular weight is 309 g/mol. The molecule has 0 unspecified atom stereocenters. The zero-order valence-electron chi connectivity index (χ0n) is 13.3. The fraction of sp³-hybridized carbons (Fsp3) is 0.643. The van der Waals surface area contributed by atoms with Gasteiger partial charge in [0.25, 0.3) is 5.56 Å². The molecule has 0 saturated carbocycles. The molecule has 0 amide bonds. The quantitative estimate of drug-likeness (QED) is 0.692. The molecule has 0 aliphatic heterocycles. The fourth-order valence-corrected chi connectivity index (χ4v) is 2.61. The number of aromatic nitrogens is 4. The van der Waals surface area contributed by atoms with E-state index in [4.69, 9.17) is 10.5 Å². The maximum absolute atomic E-state index is 12.5. The molecule has 0 atom stereocenters. The van der Waals surface area contributed by atoms with Crippen molar-refractivity contribution in [2.24, 2.45) is 12.8 Å². The van der Waals surface area contributed by atoms with Crippen LogP contribution >= 0.6 is 0 Å². The Kier molecular flexibility index (Phi) is 5.15. The van der Waals surface area contributed by atoms with Crippen LogP contribution < -0.4 is 17.0 Å². The number of rotatable bonds is 7. The summed E-state index contributed by atoms with van der Waals surface area (Å²) in [5, 5.41) is 0. The third-order valence-corrected chi connectivity index (χ3v) is 3.75. The topological polar surface area (TPSA) is 97.1 Å². The second kappa shape index (κ2) is 6.89. The van der Waals surface area contributed by atoms with Gasteiger partial charge in [-0.05, 0) is 19.9 Å². The Morgan fingerprint density at radius 3 is 2.59 bits per heavy atom. The lowest BCUT2D eigenvalue weighted by molar-refractivity contribution is 0.190. The van der Waals surface area contributed by atoms with Gasteiger partial charge in [0.1, 0.15) is 5.82 Å². The highest BCUT2D eigenvalue weighted by molar-refractivity contribution is 5.71. The summed E-state index contributed by atoms with van der Waals surface area (Å²) >= 11 is 0. The molecule has 0 radical (unpaired) electrons. The highest BCUT2D eigenvalue weighted by atomic mass is 16.5. The summed E-state index contributed by atoms with van der Waals surface area (Å²) < 4.78 is 9.57. The third kappa shape index (κ3) is 2.71. The molecule has 0 saturated heterocycles. The molecule has 2 rings (SSSR count). The van der Waals surface area contributed by atoms with Gasteiger partial charge in [-0.3, -0.25) is 13.9 Å². The molecule has 122 valence electrons. The normalized spacial score (nSPS) is 11.5. The lowest BCUT2D eigenvalue weighted by atomic mass is 10.4. The summed E-state index contributed by atoms with van der Waals surface area (Å²) in [4.78, 5) is 29.5. The summed E-state index contributed by atoms with van der Waals surface area (Å²) in [5.74, 6) is 0.711. The minimum absolute atomic E-state index is 0.302. The van der Waals surface area contributed by atoms with Crippen molar-refractivity contribution in [2.45, 2.75) is 32.9 Å².